The molecule has 0 heterocycles. The maximum Gasteiger partial charge on any atom is 0.332 e. The normalized spacial score (nSPS) is 10.6. The van der Waals surface area contributed by atoms with Crippen LogP contribution in [-0.2, 0) is 0 Å². The van der Waals surface area contributed by atoms with Gasteiger partial charge < -0.3 is 19.9 Å². The van der Waals surface area contributed by atoms with Gasteiger partial charge >= 0.3 is 6.03 Å². The van der Waals surface area contributed by atoms with Crippen molar-refractivity contribution in [3.8, 4) is 17.2 Å². The van der Waals surface area contributed by atoms with Crippen LogP contribution in [-0.4, -0.2) is 32.1 Å². The summed E-state index contributed by atoms with van der Waals surface area (Å²) in [4.78, 5) is 10.6. The van der Waals surface area contributed by atoms with Crippen molar-refractivity contribution in [2.45, 2.75) is 20.8 Å². The molecule has 0 aliphatic heterocycles. The molecule has 2 rings (SSSR count). The van der Waals surface area contributed by atoms with Gasteiger partial charge in [0.1, 0.15) is 19.0 Å². The molecular formula is C20H25N3O4. The van der Waals surface area contributed by atoms with Crippen molar-refractivity contribution in [1.29, 1.82) is 0 Å². The van der Waals surface area contributed by atoms with Gasteiger partial charge in [0.05, 0.1) is 12.8 Å². The molecule has 0 radical (unpaired) electrons. The van der Waals surface area contributed by atoms with Crippen LogP contribution in [0.3, 0.4) is 0 Å². The molecule has 0 aliphatic rings. The molecule has 0 aliphatic carbocycles. The summed E-state index contributed by atoms with van der Waals surface area (Å²) in [5, 5.41) is 3.73. The number of carbonyl (C=O) groups is 1. The van der Waals surface area contributed by atoms with Crippen LogP contribution in [0.1, 0.15) is 23.6 Å². The Hall–Kier alpha value is -3.22. The van der Waals surface area contributed by atoms with Gasteiger partial charge in [0.15, 0.2) is 11.5 Å². The Morgan fingerprint density at radius 1 is 1.04 bits per heavy atom. The lowest BCUT2D eigenvalue weighted by Gasteiger charge is -2.13. The summed E-state index contributed by atoms with van der Waals surface area (Å²) < 4.78 is 17.1. The molecule has 0 spiro atoms. The van der Waals surface area contributed by atoms with Crippen LogP contribution in [0.2, 0.25) is 0 Å². The summed E-state index contributed by atoms with van der Waals surface area (Å²) in [6.07, 6.45) is 1.47. The lowest BCUT2D eigenvalue weighted by molar-refractivity contribution is 0.208. The van der Waals surface area contributed by atoms with Crippen molar-refractivity contribution < 1.29 is 19.0 Å². The third kappa shape index (κ3) is 6.54. The number of carbonyl (C=O) groups excluding carboxylic acids is 1. The number of urea groups is 1. The number of nitrogens with one attached hydrogen (secondary N) is 1. The van der Waals surface area contributed by atoms with Crippen molar-refractivity contribution in [3.05, 3.63) is 53.1 Å². The van der Waals surface area contributed by atoms with Crippen LogP contribution in [0.4, 0.5) is 4.79 Å². The van der Waals surface area contributed by atoms with Crippen molar-refractivity contribution in [1.82, 2.24) is 5.43 Å². The van der Waals surface area contributed by atoms with Gasteiger partial charge in [-0.25, -0.2) is 10.2 Å². The third-order valence-electron chi connectivity index (χ3n) is 3.74. The number of aryl methyl sites for hydroxylation is 2. The summed E-state index contributed by atoms with van der Waals surface area (Å²) in [5.41, 5.74) is 10.3. The Labute approximate surface area is 159 Å². The molecule has 27 heavy (non-hydrogen) atoms. The monoisotopic (exact) mass is 371 g/mol. The van der Waals surface area contributed by atoms with Crippen molar-refractivity contribution in [2.75, 3.05) is 19.8 Å². The Morgan fingerprint density at radius 3 is 2.52 bits per heavy atom. The highest BCUT2D eigenvalue weighted by atomic mass is 16.5. The van der Waals surface area contributed by atoms with Crippen LogP contribution in [0.5, 0.6) is 17.2 Å². The number of hydrogen-bond acceptors (Lipinski definition) is 5. The predicted octanol–water partition coefficient (Wildman–Crippen LogP) is 3.16. The van der Waals surface area contributed by atoms with Crippen LogP contribution < -0.4 is 25.4 Å². The average Bonchev–Trinajstić information content (AvgIpc) is 2.63. The van der Waals surface area contributed by atoms with Gasteiger partial charge in [-0.3, -0.25) is 0 Å². The Bertz CT molecular complexity index is 806. The van der Waals surface area contributed by atoms with E-state index in [0.29, 0.717) is 31.3 Å². The van der Waals surface area contributed by atoms with Crippen LogP contribution in [0, 0.1) is 13.8 Å². The number of nitrogens with two attached hydrogens (primary N) is 1. The minimum atomic E-state index is -0.722. The van der Waals surface area contributed by atoms with Crippen LogP contribution in [0.25, 0.3) is 0 Å². The van der Waals surface area contributed by atoms with Gasteiger partial charge in [0.25, 0.3) is 0 Å². The topological polar surface area (TPSA) is 95.2 Å². The molecule has 0 fully saturated rings. The second-order valence-corrected chi connectivity index (χ2v) is 5.82. The molecule has 0 saturated carbocycles. The first-order chi connectivity index (χ1) is 13.0. The third-order valence-corrected chi connectivity index (χ3v) is 3.74. The first-order valence-corrected chi connectivity index (χ1v) is 8.67. The number of rotatable bonds is 9. The van der Waals surface area contributed by atoms with Crippen molar-refractivity contribution in [3.63, 3.8) is 0 Å². The summed E-state index contributed by atoms with van der Waals surface area (Å²) in [7, 11) is 0. The first-order valence-electron chi connectivity index (χ1n) is 8.67. The quantitative estimate of drug-likeness (QED) is 0.402. The van der Waals surface area contributed by atoms with E-state index in [4.69, 9.17) is 19.9 Å². The maximum atomic E-state index is 10.6. The maximum absolute atomic E-state index is 10.6. The first kappa shape index (κ1) is 20.1. The number of benzene rings is 2. The SMILES string of the molecule is CCOc1cc(/C=N/NC(N)=O)ccc1OCCOc1ccc(C)c(C)c1. The van der Waals surface area contributed by atoms with E-state index in [1.807, 2.05) is 25.1 Å². The number of primary amides is 1. The van der Waals surface area contributed by atoms with E-state index in [2.05, 4.69) is 24.4 Å². The number of hydrazone groups is 1. The van der Waals surface area contributed by atoms with Crippen molar-refractivity contribution >= 4 is 12.2 Å². The Kier molecular flexibility index (Phi) is 7.49. The van der Waals surface area contributed by atoms with Crippen molar-refractivity contribution in [2.24, 2.45) is 10.8 Å². The second kappa shape index (κ2) is 10.1. The fourth-order valence-electron chi connectivity index (χ4n) is 2.28. The number of amides is 2. The fourth-order valence-corrected chi connectivity index (χ4v) is 2.28. The van der Waals surface area contributed by atoms with Crippen LogP contribution in [0.15, 0.2) is 41.5 Å². The molecule has 7 heteroatoms. The summed E-state index contributed by atoms with van der Waals surface area (Å²) >= 11 is 0. The highest BCUT2D eigenvalue weighted by Crippen LogP contribution is 2.28. The molecule has 144 valence electrons. The average molecular weight is 371 g/mol. The number of nitrogens with zero attached hydrogens (tertiary/aromatic N) is 1. The van der Waals surface area contributed by atoms with Gasteiger partial charge in [-0.1, -0.05) is 6.07 Å². The molecule has 0 aromatic heterocycles. The van der Waals surface area contributed by atoms with E-state index in [1.165, 1.54) is 17.3 Å². The molecule has 0 bridgehead atoms. The molecule has 2 aromatic carbocycles. The van der Waals surface area contributed by atoms with Crippen LogP contribution >= 0.6 is 0 Å². The molecule has 2 aromatic rings. The molecule has 3 N–H and O–H groups in total. The fraction of sp³-hybridized carbons (Fsp3) is 0.300. The molecule has 0 unspecified atom stereocenters. The smallest absolute Gasteiger partial charge is 0.332 e. The highest BCUT2D eigenvalue weighted by Gasteiger charge is 2.06. The van der Waals surface area contributed by atoms with Gasteiger partial charge in [-0.15, -0.1) is 0 Å². The lowest BCUT2D eigenvalue weighted by Crippen LogP contribution is -2.24. The minimum Gasteiger partial charge on any atom is -0.490 e. The molecule has 2 amide bonds. The van der Waals surface area contributed by atoms with E-state index in [1.54, 1.807) is 18.2 Å². The van der Waals surface area contributed by atoms with E-state index >= 15 is 0 Å². The zero-order chi connectivity index (χ0) is 19.6. The number of ether oxygens (including phenoxy) is 3. The lowest BCUT2D eigenvalue weighted by atomic mass is 10.1. The van der Waals surface area contributed by atoms with Gasteiger partial charge in [-0.2, -0.15) is 5.10 Å². The van der Waals surface area contributed by atoms with E-state index in [0.717, 1.165) is 11.3 Å². The standard InChI is InChI=1S/C20H25N3O4/c1-4-25-19-12-16(13-22-23-20(21)24)6-8-18(19)27-10-9-26-17-7-5-14(2)15(3)11-17/h5-8,11-13H,4,9-10H2,1-3H3,(H3,21,23,24)/b22-13+. The molecule has 7 nitrogen and oxygen atoms in total. The Morgan fingerprint density at radius 2 is 1.81 bits per heavy atom. The summed E-state index contributed by atoms with van der Waals surface area (Å²) in [6, 6.07) is 10.6. The Balaban J connectivity index is 1.93. The predicted molar refractivity (Wildman–Crippen MR) is 105 cm³/mol. The van der Waals surface area contributed by atoms with Gasteiger partial charge in [0, 0.05) is 0 Å². The largest absolute Gasteiger partial charge is 0.490 e. The number of hydrogen-bond donors (Lipinski definition) is 2. The zero-order valence-electron chi connectivity index (χ0n) is 15.8. The molecular weight excluding hydrogens is 346 g/mol. The van der Waals surface area contributed by atoms with E-state index in [9.17, 15) is 4.79 Å². The summed E-state index contributed by atoms with van der Waals surface area (Å²) in [5.74, 6) is 2.02. The zero-order valence-corrected chi connectivity index (χ0v) is 15.8. The summed E-state index contributed by atoms with van der Waals surface area (Å²) in [6.45, 7) is 7.30. The van der Waals surface area contributed by atoms with Gasteiger partial charge in [-0.05, 0) is 67.8 Å². The van der Waals surface area contributed by atoms with E-state index < -0.39 is 6.03 Å². The second-order valence-electron chi connectivity index (χ2n) is 5.82. The minimum absolute atomic E-state index is 0.379. The van der Waals surface area contributed by atoms with Gasteiger partial charge in [0.2, 0.25) is 0 Å². The van der Waals surface area contributed by atoms with E-state index in [-0.39, 0.29) is 0 Å². The molecule has 0 saturated heterocycles. The molecule has 0 atom stereocenters. The highest BCUT2D eigenvalue weighted by molar-refractivity contribution is 5.82.